The standard InChI is InChI=1S/C14H17N3O3S/c1-8(12-15-6-7-21-12)17-13(19)10(9-4-2-3-5-9)11(18)16-14(17)20/h6-10H,2-5H2,1H3,(H,16,18,20). The zero-order valence-corrected chi connectivity index (χ0v) is 12.6. The first kappa shape index (κ1) is 14.2. The third-order valence-corrected chi connectivity index (χ3v) is 5.25. The third-order valence-electron chi connectivity index (χ3n) is 4.30. The molecule has 21 heavy (non-hydrogen) atoms. The number of barbiturate groups is 1. The minimum absolute atomic E-state index is 0.0524. The van der Waals surface area contributed by atoms with Gasteiger partial charge in [0.05, 0.1) is 6.04 Å². The number of nitrogens with one attached hydrogen (secondary N) is 1. The Bertz CT molecular complexity index is 566. The normalized spacial score (nSPS) is 25.3. The molecule has 4 amide bonds. The first-order chi connectivity index (χ1) is 10.1. The zero-order valence-electron chi connectivity index (χ0n) is 11.7. The smallest absolute Gasteiger partial charge is 0.277 e. The average molecular weight is 307 g/mol. The quantitative estimate of drug-likeness (QED) is 0.867. The van der Waals surface area contributed by atoms with Crippen molar-refractivity contribution in [2.75, 3.05) is 0 Å². The van der Waals surface area contributed by atoms with E-state index in [4.69, 9.17) is 0 Å². The predicted molar refractivity (Wildman–Crippen MR) is 76.4 cm³/mol. The summed E-state index contributed by atoms with van der Waals surface area (Å²) in [5.41, 5.74) is 0. The van der Waals surface area contributed by atoms with Crippen molar-refractivity contribution < 1.29 is 14.4 Å². The van der Waals surface area contributed by atoms with Crippen molar-refractivity contribution in [2.24, 2.45) is 11.8 Å². The topological polar surface area (TPSA) is 79.4 Å². The molecule has 2 unspecified atom stereocenters. The summed E-state index contributed by atoms with van der Waals surface area (Å²) < 4.78 is 0. The maximum Gasteiger partial charge on any atom is 0.331 e. The van der Waals surface area contributed by atoms with Gasteiger partial charge >= 0.3 is 6.03 Å². The van der Waals surface area contributed by atoms with Crippen molar-refractivity contribution in [1.82, 2.24) is 15.2 Å². The van der Waals surface area contributed by atoms with Gasteiger partial charge in [0.25, 0.3) is 0 Å². The fourth-order valence-corrected chi connectivity index (χ4v) is 3.92. The Labute approximate surface area is 126 Å². The molecule has 6 nitrogen and oxygen atoms in total. The van der Waals surface area contributed by atoms with Gasteiger partial charge in [-0.1, -0.05) is 12.8 Å². The Morgan fingerprint density at radius 2 is 2.05 bits per heavy atom. The Morgan fingerprint density at radius 3 is 2.67 bits per heavy atom. The van der Waals surface area contributed by atoms with Gasteiger partial charge in [0, 0.05) is 11.6 Å². The predicted octanol–water partition coefficient (Wildman–Crippen LogP) is 2.09. The first-order valence-electron chi connectivity index (χ1n) is 7.17. The van der Waals surface area contributed by atoms with E-state index >= 15 is 0 Å². The molecule has 1 saturated carbocycles. The summed E-state index contributed by atoms with van der Waals surface area (Å²) in [6, 6.07) is -1.09. The van der Waals surface area contributed by atoms with Crippen LogP contribution in [0.15, 0.2) is 11.6 Å². The Hall–Kier alpha value is -1.76. The van der Waals surface area contributed by atoms with Crippen LogP contribution in [0.5, 0.6) is 0 Å². The molecule has 1 saturated heterocycles. The second-order valence-corrected chi connectivity index (χ2v) is 6.50. The Morgan fingerprint density at radius 1 is 1.33 bits per heavy atom. The second kappa shape index (κ2) is 5.55. The number of amides is 4. The number of hydrogen-bond acceptors (Lipinski definition) is 5. The molecule has 2 fully saturated rings. The minimum Gasteiger partial charge on any atom is -0.277 e. The number of hydrogen-bond donors (Lipinski definition) is 1. The summed E-state index contributed by atoms with van der Waals surface area (Å²) >= 11 is 1.39. The van der Waals surface area contributed by atoms with Gasteiger partial charge in [-0.3, -0.25) is 19.8 Å². The number of nitrogens with zero attached hydrogens (tertiary/aromatic N) is 2. The molecule has 1 aliphatic heterocycles. The van der Waals surface area contributed by atoms with Crippen LogP contribution in [0.1, 0.15) is 43.7 Å². The van der Waals surface area contributed by atoms with E-state index in [1.54, 1.807) is 18.5 Å². The third kappa shape index (κ3) is 2.46. The van der Waals surface area contributed by atoms with Crippen molar-refractivity contribution in [3.05, 3.63) is 16.6 Å². The average Bonchev–Trinajstić information content (AvgIpc) is 3.11. The summed E-state index contributed by atoms with van der Waals surface area (Å²) in [6.07, 6.45) is 5.47. The largest absolute Gasteiger partial charge is 0.331 e. The van der Waals surface area contributed by atoms with Crippen LogP contribution in [0.25, 0.3) is 0 Å². The fraction of sp³-hybridized carbons (Fsp3) is 0.571. The molecule has 1 aliphatic carbocycles. The lowest BCUT2D eigenvalue weighted by molar-refractivity contribution is -0.146. The van der Waals surface area contributed by atoms with Gasteiger partial charge in [0.1, 0.15) is 10.9 Å². The molecule has 1 aromatic heterocycles. The molecule has 7 heteroatoms. The summed E-state index contributed by atoms with van der Waals surface area (Å²) in [5, 5.41) is 4.83. The summed E-state index contributed by atoms with van der Waals surface area (Å²) in [6.45, 7) is 1.76. The molecule has 112 valence electrons. The van der Waals surface area contributed by atoms with Crippen LogP contribution in [0.4, 0.5) is 4.79 Å². The summed E-state index contributed by atoms with van der Waals surface area (Å²) in [7, 11) is 0. The van der Waals surface area contributed by atoms with Gasteiger partial charge < -0.3 is 0 Å². The lowest BCUT2D eigenvalue weighted by atomic mass is 9.87. The number of urea groups is 1. The molecule has 0 spiro atoms. The molecule has 3 rings (SSSR count). The highest BCUT2D eigenvalue weighted by Gasteiger charge is 2.47. The maximum absolute atomic E-state index is 12.7. The molecule has 2 heterocycles. The van der Waals surface area contributed by atoms with Crippen molar-refractivity contribution in [1.29, 1.82) is 0 Å². The molecule has 2 atom stereocenters. The number of aromatic nitrogens is 1. The van der Waals surface area contributed by atoms with Gasteiger partial charge in [-0.2, -0.15) is 0 Å². The van der Waals surface area contributed by atoms with Crippen molar-refractivity contribution in [3.63, 3.8) is 0 Å². The summed E-state index contributed by atoms with van der Waals surface area (Å²) in [4.78, 5) is 42.1. The number of thiazole rings is 1. The zero-order chi connectivity index (χ0) is 15.0. The first-order valence-corrected chi connectivity index (χ1v) is 8.05. The second-order valence-electron chi connectivity index (χ2n) is 5.57. The molecule has 0 bridgehead atoms. The van der Waals surface area contributed by atoms with E-state index in [9.17, 15) is 14.4 Å². The van der Waals surface area contributed by atoms with Crippen LogP contribution >= 0.6 is 11.3 Å². The Kier molecular flexibility index (Phi) is 3.75. The maximum atomic E-state index is 12.7. The van der Waals surface area contributed by atoms with E-state index in [1.807, 2.05) is 0 Å². The van der Waals surface area contributed by atoms with E-state index in [0.29, 0.717) is 5.01 Å². The molecule has 0 aromatic carbocycles. The van der Waals surface area contributed by atoms with E-state index < -0.39 is 23.9 Å². The van der Waals surface area contributed by atoms with Crippen LogP contribution < -0.4 is 5.32 Å². The molecule has 2 aliphatic rings. The number of carbonyl (C=O) groups is 3. The van der Waals surface area contributed by atoms with Crippen molar-refractivity contribution >= 4 is 29.2 Å². The highest BCUT2D eigenvalue weighted by atomic mass is 32.1. The van der Waals surface area contributed by atoms with Crippen LogP contribution in [0.2, 0.25) is 0 Å². The van der Waals surface area contributed by atoms with Gasteiger partial charge in [-0.25, -0.2) is 9.78 Å². The lowest BCUT2D eigenvalue weighted by Gasteiger charge is -2.35. The van der Waals surface area contributed by atoms with Gasteiger partial charge in [0.15, 0.2) is 0 Å². The summed E-state index contributed by atoms with van der Waals surface area (Å²) in [5.74, 6) is -1.50. The van der Waals surface area contributed by atoms with Gasteiger partial charge in [-0.15, -0.1) is 11.3 Å². The molecular weight excluding hydrogens is 290 g/mol. The minimum atomic E-state index is -0.729. The highest BCUT2D eigenvalue weighted by Crippen LogP contribution is 2.36. The number of imide groups is 2. The van der Waals surface area contributed by atoms with E-state index in [0.717, 1.165) is 30.6 Å². The highest BCUT2D eigenvalue weighted by molar-refractivity contribution is 7.09. The fourth-order valence-electron chi connectivity index (χ4n) is 3.23. The van der Waals surface area contributed by atoms with Crippen LogP contribution in [-0.4, -0.2) is 27.7 Å². The molecule has 1 N–H and O–H groups in total. The molecular formula is C14H17N3O3S. The monoisotopic (exact) mass is 307 g/mol. The Balaban J connectivity index is 1.87. The molecule has 0 radical (unpaired) electrons. The van der Waals surface area contributed by atoms with E-state index in [-0.39, 0.29) is 11.8 Å². The van der Waals surface area contributed by atoms with Crippen LogP contribution in [-0.2, 0) is 9.59 Å². The van der Waals surface area contributed by atoms with Gasteiger partial charge in [-0.05, 0) is 25.7 Å². The number of rotatable bonds is 3. The van der Waals surface area contributed by atoms with E-state index in [1.165, 1.54) is 11.3 Å². The number of carbonyl (C=O) groups excluding carboxylic acids is 3. The van der Waals surface area contributed by atoms with Crippen LogP contribution in [0.3, 0.4) is 0 Å². The van der Waals surface area contributed by atoms with Crippen molar-refractivity contribution in [3.8, 4) is 0 Å². The molecule has 1 aromatic rings. The SMILES string of the molecule is CC(c1nccs1)N1C(=O)NC(=O)C(C2CCCC2)C1=O. The van der Waals surface area contributed by atoms with Crippen LogP contribution in [0, 0.1) is 11.8 Å². The lowest BCUT2D eigenvalue weighted by Crippen LogP contribution is -2.59. The van der Waals surface area contributed by atoms with Crippen molar-refractivity contribution in [2.45, 2.75) is 38.6 Å². The van der Waals surface area contributed by atoms with Gasteiger partial charge in [0.2, 0.25) is 11.8 Å². The van der Waals surface area contributed by atoms with E-state index in [2.05, 4.69) is 10.3 Å².